The van der Waals surface area contributed by atoms with Crippen LogP contribution >= 0.6 is 0 Å². The molecular formula is C32H33N5O7. The van der Waals surface area contributed by atoms with Crippen LogP contribution in [0.3, 0.4) is 0 Å². The van der Waals surface area contributed by atoms with E-state index in [2.05, 4.69) is 15.6 Å². The van der Waals surface area contributed by atoms with Gasteiger partial charge in [-0.2, -0.15) is 5.26 Å². The first-order chi connectivity index (χ1) is 21.4. The van der Waals surface area contributed by atoms with Crippen molar-refractivity contribution in [3.63, 3.8) is 0 Å². The van der Waals surface area contributed by atoms with Crippen molar-refractivity contribution in [2.45, 2.75) is 38.0 Å². The van der Waals surface area contributed by atoms with E-state index in [1.165, 1.54) is 19.4 Å². The number of nitrogens with zero attached hydrogens (tertiary/aromatic N) is 3. The molecule has 0 saturated carbocycles. The van der Waals surface area contributed by atoms with E-state index in [-0.39, 0.29) is 43.6 Å². The van der Waals surface area contributed by atoms with Crippen LogP contribution in [0.15, 0.2) is 54.7 Å². The lowest BCUT2D eigenvalue weighted by Gasteiger charge is -2.39. The lowest BCUT2D eigenvalue weighted by Crippen LogP contribution is -2.58. The van der Waals surface area contributed by atoms with Crippen LogP contribution in [0.1, 0.15) is 40.0 Å². The zero-order valence-corrected chi connectivity index (χ0v) is 24.5. The number of fused-ring (bicyclic) bond motifs is 9. The Morgan fingerprint density at radius 1 is 1.05 bits per heavy atom. The lowest BCUT2D eigenvalue weighted by molar-refractivity contribution is -0.125. The highest BCUT2D eigenvalue weighted by atomic mass is 16.5. The number of ether oxygens (including phenoxy) is 4. The summed E-state index contributed by atoms with van der Waals surface area (Å²) in [5, 5.41) is 15.0. The van der Waals surface area contributed by atoms with Gasteiger partial charge in [0.1, 0.15) is 29.4 Å². The van der Waals surface area contributed by atoms with Crippen molar-refractivity contribution in [1.82, 2.24) is 20.5 Å². The number of aryl methyl sites for hydroxylation is 1. The van der Waals surface area contributed by atoms with Crippen molar-refractivity contribution in [2.75, 3.05) is 33.9 Å². The first kappa shape index (κ1) is 30.2. The van der Waals surface area contributed by atoms with Crippen LogP contribution in [-0.2, 0) is 22.6 Å². The average molecular weight is 600 g/mol. The second-order valence-electron chi connectivity index (χ2n) is 10.4. The molecule has 0 spiro atoms. The maximum atomic E-state index is 13.3. The predicted molar refractivity (Wildman–Crippen MR) is 157 cm³/mol. The number of likely N-dealkylation sites (tertiary alicyclic amines) is 1. The Morgan fingerprint density at radius 2 is 1.89 bits per heavy atom. The molecule has 0 unspecified atom stereocenters. The fraction of sp³-hybridized carbons (Fsp3) is 0.344. The molecule has 4 bridgehead atoms. The number of piperidine rings is 1. The molecule has 0 radical (unpaired) electrons. The van der Waals surface area contributed by atoms with Crippen LogP contribution in [0.25, 0.3) is 0 Å². The Hall–Kier alpha value is -5.31. The summed E-state index contributed by atoms with van der Waals surface area (Å²) in [6.07, 6.45) is 2.05. The number of rotatable bonds is 3. The van der Waals surface area contributed by atoms with Gasteiger partial charge in [0.05, 0.1) is 25.8 Å². The lowest BCUT2D eigenvalue weighted by atomic mass is 10.0. The largest absolute Gasteiger partial charge is 0.496 e. The molecule has 3 aliphatic rings. The molecule has 228 valence electrons. The van der Waals surface area contributed by atoms with Gasteiger partial charge >= 0.3 is 0 Å². The van der Waals surface area contributed by atoms with E-state index < -0.39 is 18.1 Å². The summed E-state index contributed by atoms with van der Waals surface area (Å²) in [6, 6.07) is 15.1. The molecular weight excluding hydrogens is 566 g/mol. The number of methoxy groups -OCH3 is 2. The first-order valence-corrected chi connectivity index (χ1v) is 14.2. The third kappa shape index (κ3) is 7.18. The molecule has 2 aromatic carbocycles. The van der Waals surface area contributed by atoms with E-state index >= 15 is 0 Å². The molecule has 12 heteroatoms. The fourth-order valence-corrected chi connectivity index (χ4v) is 5.20. The molecule has 1 saturated heterocycles. The zero-order chi connectivity index (χ0) is 31.1. The SMILES string of the molecule is COc1cc2ccc1CNC(=O)CCc1ccc(OC)c(c1)OCC(=O)N[C@@H]1CN(C(=O)c3ccc(C#N)nc3)CC[C@@H]1O2. The Balaban J connectivity index is 1.41. The molecule has 0 aliphatic carbocycles. The van der Waals surface area contributed by atoms with Gasteiger partial charge in [0, 0.05) is 50.3 Å². The third-order valence-corrected chi connectivity index (χ3v) is 7.56. The summed E-state index contributed by atoms with van der Waals surface area (Å²) >= 11 is 0. The molecule has 2 atom stereocenters. The number of amides is 3. The number of aromatic nitrogens is 1. The summed E-state index contributed by atoms with van der Waals surface area (Å²) in [7, 11) is 3.06. The van der Waals surface area contributed by atoms with Gasteiger partial charge < -0.3 is 34.5 Å². The Kier molecular flexibility index (Phi) is 9.44. The number of carbonyl (C=O) groups excluding carboxylic acids is 3. The molecule has 1 aromatic heterocycles. The molecule has 3 amide bonds. The van der Waals surface area contributed by atoms with E-state index in [0.29, 0.717) is 47.9 Å². The fourth-order valence-electron chi connectivity index (χ4n) is 5.20. The topological polar surface area (TPSA) is 152 Å². The Bertz CT molecular complexity index is 1570. The molecule has 6 rings (SSSR count). The number of benzene rings is 2. The highest BCUT2D eigenvalue weighted by molar-refractivity contribution is 5.94. The molecule has 4 heterocycles. The molecule has 3 aliphatic heterocycles. The van der Waals surface area contributed by atoms with Crippen molar-refractivity contribution in [3.05, 3.63) is 77.1 Å². The number of carbonyl (C=O) groups is 3. The van der Waals surface area contributed by atoms with Crippen LogP contribution in [0.2, 0.25) is 0 Å². The maximum absolute atomic E-state index is 13.3. The smallest absolute Gasteiger partial charge is 0.258 e. The van der Waals surface area contributed by atoms with Gasteiger partial charge in [-0.3, -0.25) is 14.4 Å². The first-order valence-electron chi connectivity index (χ1n) is 14.2. The van der Waals surface area contributed by atoms with E-state index in [0.717, 1.165) is 11.1 Å². The quantitative estimate of drug-likeness (QED) is 0.462. The van der Waals surface area contributed by atoms with Crippen LogP contribution in [0.4, 0.5) is 0 Å². The van der Waals surface area contributed by atoms with Crippen molar-refractivity contribution in [2.24, 2.45) is 0 Å². The second-order valence-corrected chi connectivity index (χ2v) is 10.4. The number of nitrogens with one attached hydrogen (secondary N) is 2. The summed E-state index contributed by atoms with van der Waals surface area (Å²) in [5.74, 6) is 1.11. The van der Waals surface area contributed by atoms with Crippen molar-refractivity contribution < 1.29 is 33.3 Å². The second kappa shape index (κ2) is 13.8. The van der Waals surface area contributed by atoms with Gasteiger partial charge in [-0.1, -0.05) is 6.07 Å². The number of hydrogen-bond donors (Lipinski definition) is 2. The van der Waals surface area contributed by atoms with Crippen LogP contribution in [0, 0.1) is 11.3 Å². The Morgan fingerprint density at radius 3 is 2.64 bits per heavy atom. The summed E-state index contributed by atoms with van der Waals surface area (Å²) < 4.78 is 23.2. The number of hydrogen-bond acceptors (Lipinski definition) is 9. The summed E-state index contributed by atoms with van der Waals surface area (Å²) in [5.41, 5.74) is 2.19. The van der Waals surface area contributed by atoms with E-state index in [1.807, 2.05) is 18.2 Å². The van der Waals surface area contributed by atoms with Gasteiger partial charge in [-0.25, -0.2) is 4.98 Å². The minimum absolute atomic E-state index is 0.121. The van der Waals surface area contributed by atoms with E-state index in [4.69, 9.17) is 24.2 Å². The van der Waals surface area contributed by atoms with Crippen LogP contribution in [-0.4, -0.2) is 73.7 Å². The number of pyridine rings is 1. The summed E-state index contributed by atoms with van der Waals surface area (Å²) in [6.45, 7) is 0.523. The molecule has 1 fully saturated rings. The van der Waals surface area contributed by atoms with Gasteiger partial charge in [0.25, 0.3) is 11.8 Å². The normalized spacial score (nSPS) is 18.9. The number of nitriles is 1. The minimum Gasteiger partial charge on any atom is -0.496 e. The van der Waals surface area contributed by atoms with Crippen molar-refractivity contribution in [1.29, 1.82) is 5.26 Å². The van der Waals surface area contributed by atoms with Gasteiger partial charge in [-0.15, -0.1) is 0 Å². The third-order valence-electron chi connectivity index (χ3n) is 7.56. The van der Waals surface area contributed by atoms with E-state index in [1.54, 1.807) is 42.3 Å². The Labute approximate surface area is 254 Å². The molecule has 44 heavy (non-hydrogen) atoms. The highest BCUT2D eigenvalue weighted by Crippen LogP contribution is 2.30. The standard InChI is InChI=1S/C32H33N5O7/c1-41-27-9-3-20-4-10-30(38)35-16-21-6-8-24(14-28(21)42-2)44-26-11-12-37(32(40)22-5-7-23(15-33)34-17-22)18-25(26)36-31(39)19-43-29(27)13-20/h3,5-9,13-14,17,25-26H,4,10-12,16,18-19H2,1-2H3,(H,35,38)(H,36,39)/t25-,26+/m1/s1. The highest BCUT2D eigenvalue weighted by Gasteiger charge is 2.35. The van der Waals surface area contributed by atoms with E-state index in [9.17, 15) is 14.4 Å². The molecule has 2 N–H and O–H groups in total. The molecule has 3 aromatic rings. The van der Waals surface area contributed by atoms with Crippen LogP contribution in [0.5, 0.6) is 23.0 Å². The van der Waals surface area contributed by atoms with Gasteiger partial charge in [-0.05, 0) is 48.4 Å². The predicted octanol–water partition coefficient (Wildman–Crippen LogP) is 2.39. The average Bonchev–Trinajstić information content (AvgIpc) is 3.05. The van der Waals surface area contributed by atoms with Crippen molar-refractivity contribution in [3.8, 4) is 29.1 Å². The monoisotopic (exact) mass is 599 g/mol. The van der Waals surface area contributed by atoms with Crippen LogP contribution < -0.4 is 29.6 Å². The summed E-state index contributed by atoms with van der Waals surface area (Å²) in [4.78, 5) is 44.8. The minimum atomic E-state index is -0.574. The van der Waals surface area contributed by atoms with Gasteiger partial charge in [0.2, 0.25) is 5.91 Å². The van der Waals surface area contributed by atoms with Gasteiger partial charge in [0.15, 0.2) is 18.1 Å². The maximum Gasteiger partial charge on any atom is 0.258 e. The zero-order valence-electron chi connectivity index (χ0n) is 24.5. The molecule has 12 nitrogen and oxygen atoms in total. The van der Waals surface area contributed by atoms with Crippen molar-refractivity contribution >= 4 is 17.7 Å².